The predicted molar refractivity (Wildman–Crippen MR) is 71.2 cm³/mol. The summed E-state index contributed by atoms with van der Waals surface area (Å²) in [7, 11) is 0. The van der Waals surface area contributed by atoms with Gasteiger partial charge in [-0.2, -0.15) is 4.98 Å². The zero-order valence-electron chi connectivity index (χ0n) is 9.90. The molecule has 0 amide bonds. The van der Waals surface area contributed by atoms with Crippen LogP contribution in [0.25, 0.3) is 0 Å². The first-order valence-electron chi connectivity index (χ1n) is 6.12. The van der Waals surface area contributed by atoms with E-state index >= 15 is 0 Å². The van der Waals surface area contributed by atoms with Crippen LogP contribution in [0.2, 0.25) is 0 Å². The first-order chi connectivity index (χ1) is 8.83. The number of aromatic nitrogens is 2. The highest BCUT2D eigenvalue weighted by atomic mass is 79.9. The molecule has 18 heavy (non-hydrogen) atoms. The predicted octanol–water partition coefficient (Wildman–Crippen LogP) is 2.85. The molecule has 1 aliphatic rings. The van der Waals surface area contributed by atoms with Gasteiger partial charge in [0.05, 0.1) is 6.04 Å². The minimum atomic E-state index is 0.241. The van der Waals surface area contributed by atoms with Crippen LogP contribution in [0, 0.1) is 0 Å². The van der Waals surface area contributed by atoms with Crippen molar-refractivity contribution in [3.05, 3.63) is 46.0 Å². The van der Waals surface area contributed by atoms with E-state index in [1.54, 1.807) is 0 Å². The van der Waals surface area contributed by atoms with Crippen LogP contribution in [0.15, 0.2) is 33.3 Å². The Morgan fingerprint density at radius 3 is 3.06 bits per heavy atom. The molecule has 0 saturated carbocycles. The summed E-state index contributed by atoms with van der Waals surface area (Å²) in [5.41, 5.74) is 1.17. The highest BCUT2D eigenvalue weighted by Crippen LogP contribution is 2.23. The average Bonchev–Trinajstić information content (AvgIpc) is 3.02. The van der Waals surface area contributed by atoms with E-state index in [0.29, 0.717) is 6.42 Å². The Morgan fingerprint density at radius 1 is 1.39 bits per heavy atom. The van der Waals surface area contributed by atoms with E-state index in [-0.39, 0.29) is 6.04 Å². The molecule has 1 atom stereocenters. The third-order valence-electron chi connectivity index (χ3n) is 3.15. The molecule has 1 fully saturated rings. The summed E-state index contributed by atoms with van der Waals surface area (Å²) in [5, 5.41) is 7.41. The first-order valence-corrected chi connectivity index (χ1v) is 6.91. The molecule has 4 nitrogen and oxygen atoms in total. The summed E-state index contributed by atoms with van der Waals surface area (Å²) in [6.07, 6.45) is 2.95. The summed E-state index contributed by atoms with van der Waals surface area (Å²) in [4.78, 5) is 4.47. The van der Waals surface area contributed by atoms with E-state index in [1.165, 1.54) is 12.0 Å². The lowest BCUT2D eigenvalue weighted by atomic mass is 10.1. The Labute approximate surface area is 114 Å². The quantitative estimate of drug-likeness (QED) is 0.947. The van der Waals surface area contributed by atoms with Crippen molar-refractivity contribution in [3.63, 3.8) is 0 Å². The molecule has 1 aromatic carbocycles. The first kappa shape index (κ1) is 11.9. The number of rotatable bonds is 3. The van der Waals surface area contributed by atoms with Crippen LogP contribution < -0.4 is 5.32 Å². The van der Waals surface area contributed by atoms with Crippen molar-refractivity contribution in [1.29, 1.82) is 0 Å². The molecule has 0 aliphatic carbocycles. The standard InChI is InChI=1S/C13H14BrN3O/c14-10-5-2-1-4-9(10)8-12-16-13(18-17-12)11-6-3-7-15-11/h1-2,4-5,11,15H,3,6-8H2. The van der Waals surface area contributed by atoms with Crippen molar-refractivity contribution in [3.8, 4) is 0 Å². The molecular weight excluding hydrogens is 294 g/mol. The number of halogens is 1. The Morgan fingerprint density at radius 2 is 2.28 bits per heavy atom. The van der Waals surface area contributed by atoms with Crippen LogP contribution in [0.5, 0.6) is 0 Å². The van der Waals surface area contributed by atoms with Crippen molar-refractivity contribution in [1.82, 2.24) is 15.5 Å². The molecule has 1 saturated heterocycles. The van der Waals surface area contributed by atoms with Crippen LogP contribution >= 0.6 is 15.9 Å². The number of hydrogen-bond donors (Lipinski definition) is 1. The van der Waals surface area contributed by atoms with Crippen LogP contribution in [0.3, 0.4) is 0 Å². The van der Waals surface area contributed by atoms with Gasteiger partial charge in [0, 0.05) is 10.9 Å². The van der Waals surface area contributed by atoms with Gasteiger partial charge >= 0.3 is 0 Å². The second kappa shape index (κ2) is 5.20. The number of nitrogens with one attached hydrogen (secondary N) is 1. The maximum atomic E-state index is 5.32. The van der Waals surface area contributed by atoms with E-state index in [4.69, 9.17) is 4.52 Å². The SMILES string of the molecule is Brc1ccccc1Cc1noc(C2CCCN2)n1. The van der Waals surface area contributed by atoms with E-state index in [9.17, 15) is 0 Å². The van der Waals surface area contributed by atoms with Gasteiger partial charge in [-0.05, 0) is 31.0 Å². The van der Waals surface area contributed by atoms with Gasteiger partial charge in [0.1, 0.15) is 0 Å². The molecule has 3 rings (SSSR count). The van der Waals surface area contributed by atoms with Crippen LogP contribution in [-0.2, 0) is 6.42 Å². The van der Waals surface area contributed by atoms with E-state index < -0.39 is 0 Å². The molecule has 1 aliphatic heterocycles. The maximum Gasteiger partial charge on any atom is 0.243 e. The van der Waals surface area contributed by atoms with Crippen LogP contribution in [-0.4, -0.2) is 16.7 Å². The van der Waals surface area contributed by atoms with Gasteiger partial charge < -0.3 is 9.84 Å². The number of hydrogen-bond acceptors (Lipinski definition) is 4. The largest absolute Gasteiger partial charge is 0.338 e. The molecule has 2 heterocycles. The van der Waals surface area contributed by atoms with Gasteiger partial charge in [-0.15, -0.1) is 0 Å². The molecule has 2 aromatic rings. The van der Waals surface area contributed by atoms with Crippen molar-refractivity contribution >= 4 is 15.9 Å². The topological polar surface area (TPSA) is 51.0 Å². The molecule has 0 radical (unpaired) electrons. The maximum absolute atomic E-state index is 5.32. The van der Waals surface area contributed by atoms with Gasteiger partial charge in [-0.3, -0.25) is 0 Å². The number of benzene rings is 1. The fraction of sp³-hybridized carbons (Fsp3) is 0.385. The lowest BCUT2D eigenvalue weighted by molar-refractivity contribution is 0.341. The highest BCUT2D eigenvalue weighted by Gasteiger charge is 2.22. The van der Waals surface area contributed by atoms with Gasteiger partial charge in [-0.1, -0.05) is 39.3 Å². The molecular formula is C13H14BrN3O. The summed E-state index contributed by atoms with van der Waals surface area (Å²) in [6.45, 7) is 1.03. The van der Waals surface area contributed by atoms with Crippen molar-refractivity contribution in [2.45, 2.75) is 25.3 Å². The van der Waals surface area contributed by atoms with E-state index in [1.807, 2.05) is 18.2 Å². The van der Waals surface area contributed by atoms with E-state index in [0.717, 1.165) is 29.2 Å². The van der Waals surface area contributed by atoms with Crippen LogP contribution in [0.4, 0.5) is 0 Å². The van der Waals surface area contributed by atoms with Gasteiger partial charge in [0.15, 0.2) is 5.82 Å². The van der Waals surface area contributed by atoms with Crippen molar-refractivity contribution < 1.29 is 4.52 Å². The monoisotopic (exact) mass is 307 g/mol. The molecule has 1 unspecified atom stereocenters. The van der Waals surface area contributed by atoms with Crippen molar-refractivity contribution in [2.24, 2.45) is 0 Å². The smallest absolute Gasteiger partial charge is 0.243 e. The molecule has 0 bridgehead atoms. The minimum absolute atomic E-state index is 0.241. The fourth-order valence-electron chi connectivity index (χ4n) is 2.19. The van der Waals surface area contributed by atoms with E-state index in [2.05, 4.69) is 37.5 Å². The Hall–Kier alpha value is -1.20. The minimum Gasteiger partial charge on any atom is -0.338 e. The molecule has 1 N–H and O–H groups in total. The summed E-state index contributed by atoms with van der Waals surface area (Å²) >= 11 is 3.53. The Bertz CT molecular complexity index is 535. The normalized spacial score (nSPS) is 19.3. The second-order valence-corrected chi connectivity index (χ2v) is 5.32. The zero-order chi connectivity index (χ0) is 12.4. The lowest BCUT2D eigenvalue weighted by Gasteiger charge is -2.01. The third-order valence-corrected chi connectivity index (χ3v) is 3.92. The second-order valence-electron chi connectivity index (χ2n) is 4.47. The molecule has 94 valence electrons. The van der Waals surface area contributed by atoms with Gasteiger partial charge in [0.25, 0.3) is 0 Å². The Balaban J connectivity index is 1.75. The molecule has 5 heteroatoms. The Kier molecular flexibility index (Phi) is 3.43. The van der Waals surface area contributed by atoms with Crippen molar-refractivity contribution in [2.75, 3.05) is 6.54 Å². The summed E-state index contributed by atoms with van der Waals surface area (Å²) in [6, 6.07) is 8.34. The molecule has 1 aromatic heterocycles. The number of nitrogens with zero attached hydrogens (tertiary/aromatic N) is 2. The highest BCUT2D eigenvalue weighted by molar-refractivity contribution is 9.10. The third kappa shape index (κ3) is 2.47. The fourth-order valence-corrected chi connectivity index (χ4v) is 2.61. The summed E-state index contributed by atoms with van der Waals surface area (Å²) in [5.74, 6) is 1.46. The van der Waals surface area contributed by atoms with Gasteiger partial charge in [-0.25, -0.2) is 0 Å². The molecule has 0 spiro atoms. The lowest BCUT2D eigenvalue weighted by Crippen LogP contribution is -2.13. The van der Waals surface area contributed by atoms with Crippen LogP contribution in [0.1, 0.15) is 36.2 Å². The van der Waals surface area contributed by atoms with Gasteiger partial charge in [0.2, 0.25) is 5.89 Å². The summed E-state index contributed by atoms with van der Waals surface area (Å²) < 4.78 is 6.40. The zero-order valence-corrected chi connectivity index (χ0v) is 11.5. The average molecular weight is 308 g/mol.